The first-order valence-corrected chi connectivity index (χ1v) is 6.65. The Morgan fingerprint density at radius 1 is 1.28 bits per heavy atom. The third-order valence-electron chi connectivity index (χ3n) is 1.92. The van der Waals surface area contributed by atoms with E-state index in [4.69, 9.17) is 10.2 Å². The van der Waals surface area contributed by atoms with E-state index >= 15 is 0 Å². The van der Waals surface area contributed by atoms with Gasteiger partial charge in [-0.15, -0.1) is 0 Å². The molecule has 0 aliphatic carbocycles. The normalized spacial score (nSPS) is 12.3. The fourth-order valence-electron chi connectivity index (χ4n) is 0.989. The first-order valence-electron chi connectivity index (χ1n) is 5.49. The van der Waals surface area contributed by atoms with Crippen molar-refractivity contribution in [1.82, 2.24) is 5.32 Å². The Hall–Kier alpha value is -1.50. The molecule has 7 heteroatoms. The zero-order chi connectivity index (χ0) is 14.0. The van der Waals surface area contributed by atoms with Gasteiger partial charge < -0.3 is 15.5 Å². The Morgan fingerprint density at radius 3 is 2.44 bits per heavy atom. The second kappa shape index (κ2) is 9.52. The summed E-state index contributed by atoms with van der Waals surface area (Å²) in [7, 11) is 0. The summed E-state index contributed by atoms with van der Waals surface area (Å²) in [5.41, 5.74) is 0. The molecule has 18 heavy (non-hydrogen) atoms. The molecule has 1 amide bonds. The lowest BCUT2D eigenvalue weighted by atomic mass is 10.3. The molecule has 0 aliphatic rings. The monoisotopic (exact) mass is 275 g/mol. The highest BCUT2D eigenvalue weighted by atomic mass is 32.2. The molecule has 0 rings (SSSR count). The predicted octanol–water partition coefficient (Wildman–Crippen LogP) is 0.730. The molecule has 102 valence electrons. The molecule has 0 aliphatic heterocycles. The van der Waals surface area contributed by atoms with Gasteiger partial charge in [0.1, 0.15) is 6.04 Å². The lowest BCUT2D eigenvalue weighted by Crippen LogP contribution is -2.42. The van der Waals surface area contributed by atoms with Gasteiger partial charge in [0.15, 0.2) is 0 Å². The van der Waals surface area contributed by atoms with E-state index in [1.807, 2.05) is 6.92 Å². The fraction of sp³-hybridized carbons (Fsp3) is 0.545. The first-order chi connectivity index (χ1) is 8.47. The van der Waals surface area contributed by atoms with Crippen LogP contribution in [0.5, 0.6) is 0 Å². The highest BCUT2D eigenvalue weighted by Gasteiger charge is 2.18. The molecular formula is C11H17NO5S. The lowest BCUT2D eigenvalue weighted by Gasteiger charge is -2.12. The van der Waals surface area contributed by atoms with E-state index in [0.29, 0.717) is 6.08 Å². The van der Waals surface area contributed by atoms with E-state index in [-0.39, 0.29) is 5.75 Å². The van der Waals surface area contributed by atoms with E-state index in [1.54, 1.807) is 0 Å². The van der Waals surface area contributed by atoms with E-state index in [2.05, 4.69) is 5.32 Å². The topological polar surface area (TPSA) is 104 Å². The summed E-state index contributed by atoms with van der Waals surface area (Å²) < 4.78 is 0. The molecule has 0 aromatic rings. The maximum Gasteiger partial charge on any atom is 0.328 e. The number of aliphatic carboxylic acids is 2. The molecule has 0 aromatic carbocycles. The number of hydrogen-bond donors (Lipinski definition) is 3. The standard InChI is InChI=1S/C11H17NO5S/c1-2-3-6-18-7-8(11(16)17)12-9(13)4-5-10(14)15/h4-5,8H,2-3,6-7H2,1H3,(H,12,13)(H,14,15)(H,16,17). The number of hydrogen-bond acceptors (Lipinski definition) is 4. The van der Waals surface area contributed by atoms with Crippen LogP contribution < -0.4 is 5.32 Å². The number of thioether (sulfide) groups is 1. The van der Waals surface area contributed by atoms with E-state index in [1.165, 1.54) is 11.8 Å². The van der Waals surface area contributed by atoms with Crippen LogP contribution in [0.2, 0.25) is 0 Å². The highest BCUT2D eigenvalue weighted by Crippen LogP contribution is 2.06. The zero-order valence-corrected chi connectivity index (χ0v) is 10.9. The zero-order valence-electron chi connectivity index (χ0n) is 10.1. The summed E-state index contributed by atoms with van der Waals surface area (Å²) in [6.45, 7) is 2.04. The molecule has 0 saturated carbocycles. The smallest absolute Gasteiger partial charge is 0.328 e. The lowest BCUT2D eigenvalue weighted by molar-refractivity contribution is -0.140. The average molecular weight is 275 g/mol. The van der Waals surface area contributed by atoms with Gasteiger partial charge >= 0.3 is 11.9 Å². The van der Waals surface area contributed by atoms with Crippen LogP contribution in [0, 0.1) is 0 Å². The summed E-state index contributed by atoms with van der Waals surface area (Å²) in [6.07, 6.45) is 3.48. The maximum atomic E-state index is 11.2. The Labute approximate surface area is 109 Å². The van der Waals surface area contributed by atoms with Crippen LogP contribution >= 0.6 is 11.8 Å². The number of carbonyl (C=O) groups is 3. The second-order valence-electron chi connectivity index (χ2n) is 3.50. The summed E-state index contributed by atoms with van der Waals surface area (Å²) in [5.74, 6) is -2.00. The van der Waals surface area contributed by atoms with Gasteiger partial charge in [-0.25, -0.2) is 9.59 Å². The maximum absolute atomic E-state index is 11.2. The number of carboxylic acid groups (broad SMARTS) is 2. The number of carboxylic acids is 2. The highest BCUT2D eigenvalue weighted by molar-refractivity contribution is 7.99. The summed E-state index contributed by atoms with van der Waals surface area (Å²) in [5, 5.41) is 19.4. The van der Waals surface area contributed by atoms with Crippen LogP contribution in [0.3, 0.4) is 0 Å². The molecule has 1 unspecified atom stereocenters. The van der Waals surface area contributed by atoms with Crippen molar-refractivity contribution in [3.63, 3.8) is 0 Å². The van der Waals surface area contributed by atoms with Gasteiger partial charge in [-0.3, -0.25) is 4.79 Å². The molecule has 0 fully saturated rings. The van der Waals surface area contributed by atoms with Crippen LogP contribution in [-0.4, -0.2) is 45.6 Å². The summed E-state index contributed by atoms with van der Waals surface area (Å²) in [4.78, 5) is 32.3. The van der Waals surface area contributed by atoms with Gasteiger partial charge in [-0.2, -0.15) is 11.8 Å². The minimum Gasteiger partial charge on any atom is -0.480 e. The summed E-state index contributed by atoms with van der Waals surface area (Å²) >= 11 is 1.44. The van der Waals surface area contributed by atoms with E-state index in [0.717, 1.165) is 24.7 Å². The first kappa shape index (κ1) is 16.5. The molecule has 0 spiro atoms. The Kier molecular flexibility index (Phi) is 8.73. The summed E-state index contributed by atoms with van der Waals surface area (Å²) in [6, 6.07) is -1.00. The minimum absolute atomic E-state index is 0.266. The van der Waals surface area contributed by atoms with Crippen molar-refractivity contribution in [2.24, 2.45) is 0 Å². The van der Waals surface area contributed by atoms with Gasteiger partial charge in [0.2, 0.25) is 5.91 Å². The average Bonchev–Trinajstić information content (AvgIpc) is 2.30. The fourth-order valence-corrected chi connectivity index (χ4v) is 2.11. The molecule has 0 heterocycles. The van der Waals surface area contributed by atoms with Crippen molar-refractivity contribution in [3.8, 4) is 0 Å². The van der Waals surface area contributed by atoms with Crippen LogP contribution in [0.4, 0.5) is 0 Å². The van der Waals surface area contributed by atoms with Crippen molar-refractivity contribution in [3.05, 3.63) is 12.2 Å². The Balaban J connectivity index is 4.15. The van der Waals surface area contributed by atoms with Crippen LogP contribution in [0.25, 0.3) is 0 Å². The molecule has 1 atom stereocenters. The van der Waals surface area contributed by atoms with Crippen molar-refractivity contribution < 1.29 is 24.6 Å². The van der Waals surface area contributed by atoms with Gasteiger partial charge in [0, 0.05) is 17.9 Å². The van der Waals surface area contributed by atoms with Crippen molar-refractivity contribution in [2.45, 2.75) is 25.8 Å². The molecule has 3 N–H and O–H groups in total. The van der Waals surface area contributed by atoms with Crippen LogP contribution in [-0.2, 0) is 14.4 Å². The molecular weight excluding hydrogens is 258 g/mol. The predicted molar refractivity (Wildman–Crippen MR) is 68.6 cm³/mol. The second-order valence-corrected chi connectivity index (χ2v) is 4.65. The quantitative estimate of drug-likeness (QED) is 0.423. The molecule has 0 bridgehead atoms. The Morgan fingerprint density at radius 2 is 1.94 bits per heavy atom. The van der Waals surface area contributed by atoms with Gasteiger partial charge in [0.05, 0.1) is 0 Å². The van der Waals surface area contributed by atoms with Crippen LogP contribution in [0.15, 0.2) is 12.2 Å². The SMILES string of the molecule is CCCCSCC(NC(=O)C=CC(=O)O)C(=O)O. The third-order valence-corrected chi connectivity index (χ3v) is 3.07. The molecule has 0 aromatic heterocycles. The van der Waals surface area contributed by atoms with Crippen molar-refractivity contribution >= 4 is 29.6 Å². The minimum atomic E-state index is -1.26. The van der Waals surface area contributed by atoms with Crippen molar-refractivity contribution in [2.75, 3.05) is 11.5 Å². The number of rotatable bonds is 9. The third kappa shape index (κ3) is 8.63. The number of amides is 1. The van der Waals surface area contributed by atoms with E-state index < -0.39 is 23.9 Å². The molecule has 0 saturated heterocycles. The van der Waals surface area contributed by atoms with Gasteiger partial charge in [-0.1, -0.05) is 13.3 Å². The van der Waals surface area contributed by atoms with Gasteiger partial charge in [-0.05, 0) is 12.2 Å². The number of nitrogens with one attached hydrogen (secondary N) is 1. The number of unbranched alkanes of at least 4 members (excludes halogenated alkanes) is 1. The van der Waals surface area contributed by atoms with Gasteiger partial charge in [0.25, 0.3) is 0 Å². The molecule has 6 nitrogen and oxygen atoms in total. The molecule has 0 radical (unpaired) electrons. The largest absolute Gasteiger partial charge is 0.480 e. The van der Waals surface area contributed by atoms with E-state index in [9.17, 15) is 14.4 Å². The van der Waals surface area contributed by atoms with Crippen LogP contribution in [0.1, 0.15) is 19.8 Å². The van der Waals surface area contributed by atoms with Crippen molar-refractivity contribution in [1.29, 1.82) is 0 Å². The Bertz CT molecular complexity index is 329. The number of carbonyl (C=O) groups excluding carboxylic acids is 1.